The molecule has 90 valence electrons. The predicted octanol–water partition coefficient (Wildman–Crippen LogP) is 2.21. The van der Waals surface area contributed by atoms with Crippen LogP contribution in [0.25, 0.3) is 11.0 Å². The summed E-state index contributed by atoms with van der Waals surface area (Å²) in [5, 5.41) is 8.23. The molecule has 2 aromatic rings. The molecule has 0 saturated carbocycles. The average Bonchev–Trinajstić information content (AvgIpc) is 2.61. The first-order chi connectivity index (χ1) is 8.19. The number of hydrogen-bond donors (Lipinski definition) is 0. The van der Waals surface area contributed by atoms with Crippen LogP contribution in [0.1, 0.15) is 13.0 Å². The monoisotopic (exact) mass is 298 g/mol. The second-order valence-electron chi connectivity index (χ2n) is 4.30. The molecule has 1 saturated heterocycles. The normalized spacial score (nSPS) is 17.6. The van der Waals surface area contributed by atoms with Crippen LogP contribution in [-0.4, -0.2) is 39.5 Å². The number of likely N-dealkylation sites (N-methyl/N-ethyl adjacent to an activating group) is 1. The van der Waals surface area contributed by atoms with Crippen molar-refractivity contribution in [2.24, 2.45) is 0 Å². The first kappa shape index (κ1) is 11.1. The van der Waals surface area contributed by atoms with Crippen LogP contribution >= 0.6 is 15.9 Å². The zero-order valence-corrected chi connectivity index (χ0v) is 11.0. The maximum absolute atomic E-state index is 13.4. The molecular weight excluding hydrogens is 287 g/mol. The molecule has 0 aliphatic carbocycles. The Bertz CT molecular complexity index is 562. The molecule has 0 N–H and O–H groups in total. The number of benzene rings is 1. The summed E-state index contributed by atoms with van der Waals surface area (Å²) in [5.74, 6) is -0.264. The van der Waals surface area contributed by atoms with Crippen LogP contribution in [0.4, 0.5) is 4.39 Å². The van der Waals surface area contributed by atoms with Crippen LogP contribution in [0.2, 0.25) is 0 Å². The van der Waals surface area contributed by atoms with Crippen LogP contribution < -0.4 is 0 Å². The van der Waals surface area contributed by atoms with Crippen molar-refractivity contribution >= 4 is 27.0 Å². The van der Waals surface area contributed by atoms with Gasteiger partial charge in [-0.2, -0.15) is 0 Å². The van der Waals surface area contributed by atoms with Crippen molar-refractivity contribution in [2.45, 2.75) is 13.0 Å². The lowest BCUT2D eigenvalue weighted by Gasteiger charge is -2.38. The zero-order valence-electron chi connectivity index (χ0n) is 9.40. The molecule has 6 heteroatoms. The van der Waals surface area contributed by atoms with Gasteiger partial charge in [0.05, 0.1) is 16.0 Å². The Labute approximate surface area is 107 Å². The van der Waals surface area contributed by atoms with E-state index in [0.29, 0.717) is 10.5 Å². The molecule has 17 heavy (non-hydrogen) atoms. The maximum atomic E-state index is 13.4. The SMILES string of the molecule is CCN1CC(n2nnc3c(Br)cc(F)cc32)C1. The van der Waals surface area contributed by atoms with Crippen LogP contribution in [0.3, 0.4) is 0 Å². The molecule has 0 amide bonds. The molecule has 0 atom stereocenters. The van der Waals surface area contributed by atoms with E-state index in [9.17, 15) is 4.39 Å². The Morgan fingerprint density at radius 3 is 2.94 bits per heavy atom. The summed E-state index contributed by atoms with van der Waals surface area (Å²) in [6.45, 7) is 5.10. The van der Waals surface area contributed by atoms with Crippen molar-refractivity contribution in [3.05, 3.63) is 22.4 Å². The Morgan fingerprint density at radius 1 is 1.47 bits per heavy atom. The lowest BCUT2D eigenvalue weighted by molar-refractivity contribution is 0.107. The second-order valence-corrected chi connectivity index (χ2v) is 5.15. The smallest absolute Gasteiger partial charge is 0.127 e. The topological polar surface area (TPSA) is 34.0 Å². The Balaban J connectivity index is 2.01. The number of halogens is 2. The third-order valence-electron chi connectivity index (χ3n) is 3.23. The minimum absolute atomic E-state index is 0.264. The fourth-order valence-electron chi connectivity index (χ4n) is 2.19. The molecular formula is C11H12BrFN4. The van der Waals surface area contributed by atoms with E-state index >= 15 is 0 Å². The molecule has 1 aliphatic rings. The average molecular weight is 299 g/mol. The Kier molecular flexibility index (Phi) is 2.63. The lowest BCUT2D eigenvalue weighted by atomic mass is 10.1. The third-order valence-corrected chi connectivity index (χ3v) is 3.83. The van der Waals surface area contributed by atoms with Gasteiger partial charge in [0.1, 0.15) is 11.3 Å². The molecule has 4 nitrogen and oxygen atoms in total. The molecule has 2 heterocycles. The van der Waals surface area contributed by atoms with Gasteiger partial charge in [-0.25, -0.2) is 9.07 Å². The van der Waals surface area contributed by atoms with E-state index in [1.165, 1.54) is 12.1 Å². The van der Waals surface area contributed by atoms with Crippen molar-refractivity contribution in [1.29, 1.82) is 0 Å². The van der Waals surface area contributed by atoms with Crippen molar-refractivity contribution in [3.8, 4) is 0 Å². The van der Waals surface area contributed by atoms with E-state index in [2.05, 4.69) is 38.1 Å². The van der Waals surface area contributed by atoms with E-state index in [4.69, 9.17) is 0 Å². The number of fused-ring (bicyclic) bond motifs is 1. The standard InChI is InChI=1S/C11H12BrFN4/c1-2-16-5-8(6-16)17-10-4-7(13)3-9(12)11(10)14-15-17/h3-4,8H,2,5-6H2,1H3. The largest absolute Gasteiger partial charge is 0.299 e. The highest BCUT2D eigenvalue weighted by Crippen LogP contribution is 2.28. The van der Waals surface area contributed by atoms with E-state index in [1.807, 2.05) is 4.68 Å². The Hall–Kier alpha value is -1.01. The maximum Gasteiger partial charge on any atom is 0.127 e. The minimum Gasteiger partial charge on any atom is -0.299 e. The van der Waals surface area contributed by atoms with Gasteiger partial charge >= 0.3 is 0 Å². The molecule has 0 bridgehead atoms. The molecule has 3 rings (SSSR count). The predicted molar refractivity (Wildman–Crippen MR) is 66.3 cm³/mol. The number of rotatable bonds is 2. The van der Waals surface area contributed by atoms with Crippen LogP contribution in [-0.2, 0) is 0 Å². The second kappa shape index (κ2) is 4.03. The molecule has 1 aromatic heterocycles. The molecule has 1 aliphatic heterocycles. The van der Waals surface area contributed by atoms with Gasteiger partial charge in [-0.1, -0.05) is 12.1 Å². The van der Waals surface area contributed by atoms with E-state index in [0.717, 1.165) is 30.7 Å². The lowest BCUT2D eigenvalue weighted by Crippen LogP contribution is -2.47. The zero-order chi connectivity index (χ0) is 12.0. The molecule has 1 aromatic carbocycles. The highest BCUT2D eigenvalue weighted by molar-refractivity contribution is 9.10. The van der Waals surface area contributed by atoms with Crippen LogP contribution in [0, 0.1) is 5.82 Å². The molecule has 0 radical (unpaired) electrons. The van der Waals surface area contributed by atoms with Gasteiger partial charge in [-0.3, -0.25) is 4.90 Å². The number of nitrogens with zero attached hydrogens (tertiary/aromatic N) is 4. The van der Waals surface area contributed by atoms with E-state index < -0.39 is 0 Å². The summed E-state index contributed by atoms with van der Waals surface area (Å²) >= 11 is 3.31. The number of aromatic nitrogens is 3. The molecule has 0 spiro atoms. The number of likely N-dealkylation sites (tertiary alicyclic amines) is 1. The molecule has 0 unspecified atom stereocenters. The quantitative estimate of drug-likeness (QED) is 0.852. The number of hydrogen-bond acceptors (Lipinski definition) is 3. The summed E-state index contributed by atoms with van der Waals surface area (Å²) in [6.07, 6.45) is 0. The fraction of sp³-hybridized carbons (Fsp3) is 0.455. The van der Waals surface area contributed by atoms with Crippen molar-refractivity contribution in [3.63, 3.8) is 0 Å². The van der Waals surface area contributed by atoms with Gasteiger partial charge in [-0.05, 0) is 28.5 Å². The van der Waals surface area contributed by atoms with Crippen LogP contribution in [0.5, 0.6) is 0 Å². The highest BCUT2D eigenvalue weighted by atomic mass is 79.9. The first-order valence-corrected chi connectivity index (χ1v) is 6.40. The van der Waals surface area contributed by atoms with Crippen molar-refractivity contribution in [2.75, 3.05) is 19.6 Å². The summed E-state index contributed by atoms with van der Waals surface area (Å²) in [5.41, 5.74) is 1.49. The van der Waals surface area contributed by atoms with Gasteiger partial charge in [0.25, 0.3) is 0 Å². The van der Waals surface area contributed by atoms with Gasteiger partial charge in [0.2, 0.25) is 0 Å². The summed E-state index contributed by atoms with van der Waals surface area (Å²) < 4.78 is 15.9. The van der Waals surface area contributed by atoms with Crippen molar-refractivity contribution in [1.82, 2.24) is 19.9 Å². The highest BCUT2D eigenvalue weighted by Gasteiger charge is 2.29. The summed E-state index contributed by atoms with van der Waals surface area (Å²) in [7, 11) is 0. The van der Waals surface area contributed by atoms with Crippen molar-refractivity contribution < 1.29 is 4.39 Å². The van der Waals surface area contributed by atoms with Gasteiger partial charge in [0.15, 0.2) is 0 Å². The summed E-state index contributed by atoms with van der Waals surface area (Å²) in [4.78, 5) is 2.31. The van der Waals surface area contributed by atoms with E-state index in [1.54, 1.807) is 0 Å². The third kappa shape index (κ3) is 1.75. The molecule has 1 fully saturated rings. The fourth-order valence-corrected chi connectivity index (χ4v) is 2.69. The van der Waals surface area contributed by atoms with E-state index in [-0.39, 0.29) is 5.82 Å². The summed E-state index contributed by atoms with van der Waals surface area (Å²) in [6, 6.07) is 3.23. The van der Waals surface area contributed by atoms with Gasteiger partial charge in [0, 0.05) is 19.2 Å². The van der Waals surface area contributed by atoms with Gasteiger partial charge in [-0.15, -0.1) is 5.10 Å². The van der Waals surface area contributed by atoms with Gasteiger partial charge < -0.3 is 0 Å². The first-order valence-electron chi connectivity index (χ1n) is 5.61. The van der Waals surface area contributed by atoms with Crippen LogP contribution in [0.15, 0.2) is 16.6 Å². The minimum atomic E-state index is -0.264. The Morgan fingerprint density at radius 2 is 2.24 bits per heavy atom.